The van der Waals surface area contributed by atoms with Gasteiger partial charge in [-0.05, 0) is 42.9 Å². The lowest BCUT2D eigenvalue weighted by molar-refractivity contribution is -0.149. The van der Waals surface area contributed by atoms with Crippen LogP contribution in [-0.4, -0.2) is 53.9 Å². The van der Waals surface area contributed by atoms with Gasteiger partial charge in [0, 0.05) is 42.7 Å². The minimum absolute atomic E-state index is 0.00583. The smallest absolute Gasteiger partial charge is 0.245 e. The molecule has 5 rings (SSSR count). The van der Waals surface area contributed by atoms with E-state index in [1.807, 2.05) is 22.3 Å². The molecule has 0 aliphatic carbocycles. The molecule has 2 aromatic rings. The van der Waals surface area contributed by atoms with Crippen LogP contribution in [0.25, 0.3) is 10.4 Å². The number of hydrogen-bond acceptors (Lipinski definition) is 4. The largest absolute Gasteiger partial charge is 0.370 e. The molecule has 0 N–H and O–H groups in total. The molecular weight excluding hydrogens is 396 g/mol. The Bertz CT molecular complexity index is 947. The van der Waals surface area contributed by atoms with Crippen LogP contribution in [0.5, 0.6) is 0 Å². The Morgan fingerprint density at radius 1 is 1.13 bits per heavy atom. The van der Waals surface area contributed by atoms with Gasteiger partial charge < -0.3 is 14.5 Å². The monoisotopic (exact) mass is 424 g/mol. The standard InChI is InChI=1S/C24H28N2O3S/c1-17(27)26-12-5-8-20(26)23(28)25-13-10-24(11-14-25)19-16-22(18-6-3-2-4-7-18)30-21(19)9-15-29-24/h2-4,6-7,16,20H,5,8-15H2,1H3. The molecule has 6 heteroatoms. The molecule has 5 nitrogen and oxygen atoms in total. The molecule has 3 aliphatic heterocycles. The Balaban J connectivity index is 1.34. The number of rotatable bonds is 2. The van der Waals surface area contributed by atoms with Gasteiger partial charge in [-0.15, -0.1) is 11.3 Å². The minimum atomic E-state index is -0.274. The molecule has 0 radical (unpaired) electrons. The van der Waals surface area contributed by atoms with Crippen molar-refractivity contribution in [1.29, 1.82) is 0 Å². The summed E-state index contributed by atoms with van der Waals surface area (Å²) < 4.78 is 6.40. The highest BCUT2D eigenvalue weighted by Gasteiger charge is 2.44. The molecule has 2 amide bonds. The number of carbonyl (C=O) groups excluding carboxylic acids is 2. The zero-order chi connectivity index (χ0) is 20.7. The van der Waals surface area contributed by atoms with Crippen LogP contribution in [0.4, 0.5) is 0 Å². The zero-order valence-corrected chi connectivity index (χ0v) is 18.2. The van der Waals surface area contributed by atoms with Gasteiger partial charge in [-0.1, -0.05) is 30.3 Å². The quantitative estimate of drug-likeness (QED) is 0.737. The number of piperidine rings is 1. The first-order valence-electron chi connectivity index (χ1n) is 11.0. The number of ether oxygens (including phenoxy) is 1. The molecule has 2 saturated heterocycles. The van der Waals surface area contributed by atoms with E-state index in [0.29, 0.717) is 19.6 Å². The first-order chi connectivity index (χ1) is 14.6. The fourth-order valence-electron chi connectivity index (χ4n) is 5.27. The van der Waals surface area contributed by atoms with Gasteiger partial charge in [-0.2, -0.15) is 0 Å². The van der Waals surface area contributed by atoms with Crippen molar-refractivity contribution >= 4 is 23.2 Å². The van der Waals surface area contributed by atoms with Crippen LogP contribution in [0.3, 0.4) is 0 Å². The maximum atomic E-state index is 13.1. The Morgan fingerprint density at radius 3 is 2.63 bits per heavy atom. The normalized spacial score (nSPS) is 22.9. The third-order valence-electron chi connectivity index (χ3n) is 6.89. The molecule has 0 bridgehead atoms. The summed E-state index contributed by atoms with van der Waals surface area (Å²) in [6, 6.07) is 12.6. The van der Waals surface area contributed by atoms with Crippen molar-refractivity contribution in [1.82, 2.24) is 9.80 Å². The second kappa shape index (κ2) is 7.82. The topological polar surface area (TPSA) is 49.9 Å². The summed E-state index contributed by atoms with van der Waals surface area (Å²) in [4.78, 5) is 31.4. The highest BCUT2D eigenvalue weighted by atomic mass is 32.1. The molecule has 1 aromatic carbocycles. The predicted octanol–water partition coefficient (Wildman–Crippen LogP) is 3.82. The molecule has 4 heterocycles. The number of carbonyl (C=O) groups is 2. The lowest BCUT2D eigenvalue weighted by Gasteiger charge is -2.44. The first-order valence-corrected chi connectivity index (χ1v) is 11.8. The summed E-state index contributed by atoms with van der Waals surface area (Å²) in [5, 5.41) is 0. The van der Waals surface area contributed by atoms with Crippen LogP contribution < -0.4 is 0 Å². The Labute approximate surface area is 181 Å². The molecule has 1 unspecified atom stereocenters. The van der Waals surface area contributed by atoms with E-state index in [2.05, 4.69) is 30.3 Å². The minimum Gasteiger partial charge on any atom is -0.370 e. The third kappa shape index (κ3) is 3.36. The number of thiophene rings is 1. The van der Waals surface area contributed by atoms with Crippen LogP contribution in [0.2, 0.25) is 0 Å². The van der Waals surface area contributed by atoms with E-state index in [1.54, 1.807) is 11.8 Å². The molecule has 0 saturated carbocycles. The second-order valence-corrected chi connectivity index (χ2v) is 9.74. The average Bonchev–Trinajstić information content (AvgIpc) is 3.43. The molecule has 30 heavy (non-hydrogen) atoms. The summed E-state index contributed by atoms with van der Waals surface area (Å²) in [7, 11) is 0. The fourth-order valence-corrected chi connectivity index (χ4v) is 6.51. The maximum Gasteiger partial charge on any atom is 0.245 e. The summed E-state index contributed by atoms with van der Waals surface area (Å²) >= 11 is 1.88. The third-order valence-corrected chi connectivity index (χ3v) is 8.13. The number of likely N-dealkylation sites (tertiary alicyclic amines) is 2. The van der Waals surface area contributed by atoms with Crippen LogP contribution in [-0.2, 0) is 26.3 Å². The maximum absolute atomic E-state index is 13.1. The van der Waals surface area contributed by atoms with E-state index in [9.17, 15) is 9.59 Å². The van der Waals surface area contributed by atoms with E-state index in [4.69, 9.17) is 4.74 Å². The fraction of sp³-hybridized carbons (Fsp3) is 0.500. The lowest BCUT2D eigenvalue weighted by Crippen LogP contribution is -2.53. The summed E-state index contributed by atoms with van der Waals surface area (Å²) in [5.74, 6) is 0.121. The van der Waals surface area contributed by atoms with Gasteiger partial charge in [0.2, 0.25) is 11.8 Å². The first kappa shape index (κ1) is 19.8. The summed E-state index contributed by atoms with van der Waals surface area (Å²) in [5.41, 5.74) is 2.31. The van der Waals surface area contributed by atoms with Crippen molar-refractivity contribution in [2.45, 2.75) is 50.7 Å². The second-order valence-electron chi connectivity index (χ2n) is 8.60. The van der Waals surface area contributed by atoms with E-state index in [1.165, 1.54) is 20.9 Å². The molecule has 3 aliphatic rings. The summed E-state index contributed by atoms with van der Waals surface area (Å²) in [6.07, 6.45) is 4.31. The van der Waals surface area contributed by atoms with Gasteiger partial charge in [-0.25, -0.2) is 0 Å². The molecule has 2 fully saturated rings. The number of hydrogen-bond donors (Lipinski definition) is 0. The molecule has 1 aromatic heterocycles. The molecule has 1 spiro atoms. The zero-order valence-electron chi connectivity index (χ0n) is 17.4. The molecule has 1 atom stereocenters. The van der Waals surface area contributed by atoms with Crippen molar-refractivity contribution in [2.24, 2.45) is 0 Å². The van der Waals surface area contributed by atoms with Gasteiger partial charge in [-0.3, -0.25) is 9.59 Å². The average molecular weight is 425 g/mol. The molecule has 158 valence electrons. The molecular formula is C24H28N2O3S. The van der Waals surface area contributed by atoms with Crippen LogP contribution in [0.15, 0.2) is 36.4 Å². The van der Waals surface area contributed by atoms with E-state index < -0.39 is 0 Å². The number of fused-ring (bicyclic) bond motifs is 2. The van der Waals surface area contributed by atoms with Gasteiger partial charge in [0.15, 0.2) is 0 Å². The lowest BCUT2D eigenvalue weighted by atomic mass is 9.82. The highest BCUT2D eigenvalue weighted by molar-refractivity contribution is 7.15. The van der Waals surface area contributed by atoms with Crippen LogP contribution >= 0.6 is 11.3 Å². The van der Waals surface area contributed by atoms with E-state index >= 15 is 0 Å². The number of nitrogens with zero attached hydrogens (tertiary/aromatic N) is 2. The van der Waals surface area contributed by atoms with Gasteiger partial charge in [0.1, 0.15) is 6.04 Å². The number of amides is 2. The van der Waals surface area contributed by atoms with Gasteiger partial charge in [0.05, 0.1) is 12.2 Å². The van der Waals surface area contributed by atoms with Crippen molar-refractivity contribution in [3.05, 3.63) is 46.8 Å². The van der Waals surface area contributed by atoms with Gasteiger partial charge in [0.25, 0.3) is 0 Å². The van der Waals surface area contributed by atoms with Crippen LogP contribution in [0, 0.1) is 0 Å². The highest BCUT2D eigenvalue weighted by Crippen LogP contribution is 2.46. The van der Waals surface area contributed by atoms with Crippen molar-refractivity contribution in [2.75, 3.05) is 26.2 Å². The van der Waals surface area contributed by atoms with Crippen molar-refractivity contribution in [3.8, 4) is 10.4 Å². The Hall–Kier alpha value is -2.18. The SMILES string of the molecule is CC(=O)N1CCCC1C(=O)N1CCC2(CC1)OCCc1sc(-c3ccccc3)cc12. The predicted molar refractivity (Wildman–Crippen MR) is 117 cm³/mol. The Kier molecular flexibility index (Phi) is 5.15. The number of benzene rings is 1. The summed E-state index contributed by atoms with van der Waals surface area (Å²) in [6.45, 7) is 4.40. The van der Waals surface area contributed by atoms with Crippen LogP contribution in [0.1, 0.15) is 43.0 Å². The van der Waals surface area contributed by atoms with E-state index in [0.717, 1.165) is 38.7 Å². The van der Waals surface area contributed by atoms with Gasteiger partial charge >= 0.3 is 0 Å². The van der Waals surface area contributed by atoms with Crippen molar-refractivity contribution in [3.63, 3.8) is 0 Å². The Morgan fingerprint density at radius 2 is 1.90 bits per heavy atom. The van der Waals surface area contributed by atoms with Crippen molar-refractivity contribution < 1.29 is 14.3 Å². The van der Waals surface area contributed by atoms with E-state index in [-0.39, 0.29) is 23.5 Å².